The number of benzene rings is 2. The van der Waals surface area contributed by atoms with E-state index in [0.29, 0.717) is 42.0 Å². The highest BCUT2D eigenvalue weighted by atomic mass is 79.9. The van der Waals surface area contributed by atoms with E-state index < -0.39 is 15.4 Å². The Labute approximate surface area is 251 Å². The molecule has 0 N–H and O–H groups in total. The van der Waals surface area contributed by atoms with Gasteiger partial charge in [0.05, 0.1) is 30.9 Å². The SMILES string of the molecule is CC1(Cc2ccc(Br)cc2)C(=O)N(c2cc(Cl)cc(Cl)c2)c2ncc(S(=O)(=O)CCCC(=O)N3CCOCC3)n21. The van der Waals surface area contributed by atoms with Crippen LogP contribution in [0.5, 0.6) is 0 Å². The predicted octanol–water partition coefficient (Wildman–Crippen LogP) is 5.00. The summed E-state index contributed by atoms with van der Waals surface area (Å²) in [4.78, 5) is 34.1. The minimum absolute atomic E-state index is 0.0788. The number of ether oxygens (including phenoxy) is 1. The van der Waals surface area contributed by atoms with Crippen molar-refractivity contribution in [1.29, 1.82) is 0 Å². The molecule has 212 valence electrons. The molecular weight excluding hydrogens is 643 g/mol. The summed E-state index contributed by atoms with van der Waals surface area (Å²) in [6.07, 6.45) is 1.73. The molecule has 3 heterocycles. The molecule has 2 aliphatic rings. The van der Waals surface area contributed by atoms with E-state index in [4.69, 9.17) is 27.9 Å². The van der Waals surface area contributed by atoms with Gasteiger partial charge in [0.15, 0.2) is 14.9 Å². The third kappa shape index (κ3) is 5.67. The van der Waals surface area contributed by atoms with Gasteiger partial charge in [0.25, 0.3) is 5.91 Å². The van der Waals surface area contributed by atoms with E-state index in [-0.39, 0.29) is 47.8 Å². The molecule has 13 heteroatoms. The molecule has 0 bridgehead atoms. The van der Waals surface area contributed by atoms with Crippen LogP contribution in [0.2, 0.25) is 10.0 Å². The van der Waals surface area contributed by atoms with Crippen LogP contribution in [-0.2, 0) is 36.1 Å². The molecule has 3 aromatic rings. The summed E-state index contributed by atoms with van der Waals surface area (Å²) in [6, 6.07) is 12.2. The summed E-state index contributed by atoms with van der Waals surface area (Å²) >= 11 is 15.9. The lowest BCUT2D eigenvalue weighted by Crippen LogP contribution is -2.42. The number of nitrogens with zero attached hydrogens (tertiary/aromatic N) is 4. The van der Waals surface area contributed by atoms with Crippen molar-refractivity contribution in [3.05, 3.63) is 68.7 Å². The largest absolute Gasteiger partial charge is 0.378 e. The van der Waals surface area contributed by atoms with Crippen LogP contribution in [0.4, 0.5) is 11.6 Å². The van der Waals surface area contributed by atoms with Gasteiger partial charge in [0, 0.05) is 40.4 Å². The van der Waals surface area contributed by atoms with E-state index in [1.807, 2.05) is 24.3 Å². The third-order valence-electron chi connectivity index (χ3n) is 7.12. The fraction of sp³-hybridized carbons (Fsp3) is 0.370. The number of carbonyl (C=O) groups is 2. The molecule has 0 spiro atoms. The number of imidazole rings is 1. The van der Waals surface area contributed by atoms with Gasteiger partial charge in [-0.15, -0.1) is 0 Å². The zero-order valence-electron chi connectivity index (χ0n) is 21.6. The fourth-order valence-corrected chi connectivity index (χ4v) is 7.43. The van der Waals surface area contributed by atoms with Crippen LogP contribution in [0, 0.1) is 0 Å². The Kier molecular flexibility index (Phi) is 8.32. The number of fused-ring (bicyclic) bond motifs is 1. The van der Waals surface area contributed by atoms with Gasteiger partial charge in [0.1, 0.15) is 5.54 Å². The summed E-state index contributed by atoms with van der Waals surface area (Å²) in [6.45, 7) is 3.66. The quantitative estimate of drug-likeness (QED) is 0.335. The maximum Gasteiger partial charge on any atom is 0.260 e. The molecule has 2 amide bonds. The number of hydrogen-bond donors (Lipinski definition) is 0. The third-order valence-corrected chi connectivity index (χ3v) is 9.84. The Morgan fingerprint density at radius 2 is 1.75 bits per heavy atom. The van der Waals surface area contributed by atoms with Gasteiger partial charge >= 0.3 is 0 Å². The highest BCUT2D eigenvalue weighted by Gasteiger charge is 2.51. The number of carbonyl (C=O) groups excluding carboxylic acids is 2. The molecule has 2 aliphatic heterocycles. The molecule has 1 saturated heterocycles. The average Bonchev–Trinajstić information content (AvgIpc) is 3.44. The Hall–Kier alpha value is -2.44. The zero-order valence-corrected chi connectivity index (χ0v) is 25.6. The Balaban J connectivity index is 1.49. The highest BCUT2D eigenvalue weighted by molar-refractivity contribution is 9.10. The van der Waals surface area contributed by atoms with Crippen LogP contribution in [-0.4, -0.2) is 66.7 Å². The smallest absolute Gasteiger partial charge is 0.260 e. The van der Waals surface area contributed by atoms with Gasteiger partial charge in [-0.25, -0.2) is 18.3 Å². The summed E-state index contributed by atoms with van der Waals surface area (Å²) in [5.74, 6) is -0.572. The molecule has 0 aliphatic carbocycles. The Morgan fingerprint density at radius 3 is 2.40 bits per heavy atom. The van der Waals surface area contributed by atoms with Crippen LogP contribution in [0.1, 0.15) is 25.3 Å². The van der Waals surface area contributed by atoms with Crippen molar-refractivity contribution in [2.45, 2.75) is 36.8 Å². The summed E-state index contributed by atoms with van der Waals surface area (Å²) < 4.78 is 35.0. The van der Waals surface area contributed by atoms with Gasteiger partial charge in [-0.1, -0.05) is 51.3 Å². The minimum Gasteiger partial charge on any atom is -0.378 e. The van der Waals surface area contributed by atoms with Crippen molar-refractivity contribution in [3.8, 4) is 0 Å². The Bertz CT molecular complexity index is 1540. The second-order valence-corrected chi connectivity index (χ2v) is 13.8. The molecule has 1 fully saturated rings. The number of amides is 2. The molecular formula is C27H27BrCl2N4O5S. The van der Waals surface area contributed by atoms with Gasteiger partial charge in [-0.05, 0) is 49.2 Å². The topological polar surface area (TPSA) is 102 Å². The molecule has 1 atom stereocenters. The van der Waals surface area contributed by atoms with Gasteiger partial charge in [-0.2, -0.15) is 0 Å². The highest BCUT2D eigenvalue weighted by Crippen LogP contribution is 2.44. The van der Waals surface area contributed by atoms with Crippen LogP contribution in [0.15, 0.2) is 58.2 Å². The lowest BCUT2D eigenvalue weighted by Gasteiger charge is -2.27. The number of halogens is 3. The molecule has 5 rings (SSSR count). The first-order chi connectivity index (χ1) is 19.0. The average molecular weight is 670 g/mol. The zero-order chi connectivity index (χ0) is 28.7. The van der Waals surface area contributed by atoms with E-state index in [0.717, 1.165) is 10.0 Å². The van der Waals surface area contributed by atoms with E-state index in [2.05, 4.69) is 20.9 Å². The summed E-state index contributed by atoms with van der Waals surface area (Å²) in [5, 5.41) is 0.574. The monoisotopic (exact) mass is 668 g/mol. The fourth-order valence-electron chi connectivity index (χ4n) is 5.14. The number of aromatic nitrogens is 2. The van der Waals surface area contributed by atoms with Gasteiger partial charge in [-0.3, -0.25) is 14.2 Å². The number of morpholine rings is 1. The minimum atomic E-state index is -3.92. The summed E-state index contributed by atoms with van der Waals surface area (Å²) in [7, 11) is -3.92. The first-order valence-corrected chi connectivity index (χ1v) is 15.9. The molecule has 9 nitrogen and oxygen atoms in total. The first-order valence-electron chi connectivity index (χ1n) is 12.7. The van der Waals surface area contributed by atoms with Crippen molar-refractivity contribution in [2.75, 3.05) is 37.0 Å². The van der Waals surface area contributed by atoms with Crippen LogP contribution >= 0.6 is 39.1 Å². The van der Waals surface area contributed by atoms with Gasteiger partial charge < -0.3 is 9.64 Å². The van der Waals surface area contributed by atoms with Gasteiger partial charge in [0.2, 0.25) is 11.9 Å². The van der Waals surface area contributed by atoms with Crippen molar-refractivity contribution >= 4 is 72.4 Å². The standard InChI is InChI=1S/C27H27BrCl2N4O5S/c1-27(16-18-4-6-19(28)7-5-18)25(36)33(22-14-20(29)13-21(30)15-22)26-31-17-24(34(26)27)40(37,38)12-2-3-23(35)32-8-10-39-11-9-32/h4-7,13-15,17H,2-3,8-12,16H2,1H3. The first kappa shape index (κ1) is 29.1. The number of sulfone groups is 1. The predicted molar refractivity (Wildman–Crippen MR) is 156 cm³/mol. The normalized spacial score (nSPS) is 19.2. The Morgan fingerprint density at radius 1 is 1.10 bits per heavy atom. The van der Waals surface area contributed by atoms with Crippen molar-refractivity contribution < 1.29 is 22.7 Å². The van der Waals surface area contributed by atoms with Crippen LogP contribution < -0.4 is 4.90 Å². The van der Waals surface area contributed by atoms with Crippen molar-refractivity contribution in [2.24, 2.45) is 0 Å². The van der Waals surface area contributed by atoms with E-state index in [9.17, 15) is 18.0 Å². The second kappa shape index (κ2) is 11.4. The molecule has 40 heavy (non-hydrogen) atoms. The lowest BCUT2D eigenvalue weighted by atomic mass is 9.92. The second-order valence-electron chi connectivity index (χ2n) is 9.99. The van der Waals surface area contributed by atoms with Crippen molar-refractivity contribution in [3.63, 3.8) is 0 Å². The molecule has 0 radical (unpaired) electrons. The van der Waals surface area contributed by atoms with Crippen molar-refractivity contribution in [1.82, 2.24) is 14.5 Å². The summed E-state index contributed by atoms with van der Waals surface area (Å²) in [5.41, 5.74) is -0.0985. The molecule has 1 unspecified atom stereocenters. The van der Waals surface area contributed by atoms with E-state index >= 15 is 0 Å². The maximum atomic E-state index is 14.1. The lowest BCUT2D eigenvalue weighted by molar-refractivity contribution is -0.135. The number of anilines is 2. The number of hydrogen-bond acceptors (Lipinski definition) is 6. The molecule has 1 aromatic heterocycles. The van der Waals surface area contributed by atoms with Crippen LogP contribution in [0.25, 0.3) is 0 Å². The molecule has 0 saturated carbocycles. The van der Waals surface area contributed by atoms with Crippen LogP contribution in [0.3, 0.4) is 0 Å². The molecule has 2 aromatic carbocycles. The van der Waals surface area contributed by atoms with E-state index in [1.54, 1.807) is 30.0 Å². The maximum absolute atomic E-state index is 14.1. The number of rotatable bonds is 8. The van der Waals surface area contributed by atoms with E-state index in [1.165, 1.54) is 15.7 Å².